The van der Waals surface area contributed by atoms with Gasteiger partial charge < -0.3 is 15.7 Å². The summed E-state index contributed by atoms with van der Waals surface area (Å²) in [6, 6.07) is 0.824. The molecule has 2 heterocycles. The normalized spacial score (nSPS) is 30.9. The lowest BCUT2D eigenvalue weighted by Gasteiger charge is -2.32. The number of rotatable bonds is 2. The van der Waals surface area contributed by atoms with E-state index in [2.05, 4.69) is 10.6 Å². The second-order valence-electron chi connectivity index (χ2n) is 4.18. The van der Waals surface area contributed by atoms with E-state index in [1.807, 2.05) is 23.5 Å². The summed E-state index contributed by atoms with van der Waals surface area (Å²) in [5.74, 6) is 4.93. The highest BCUT2D eigenvalue weighted by molar-refractivity contribution is 8.03. The van der Waals surface area contributed by atoms with E-state index in [0.717, 1.165) is 19.5 Å². The average Bonchev–Trinajstić information content (AvgIpc) is 2.50. The molecular weight excluding hydrogens is 299 g/mol. The molecule has 0 aromatic carbocycles. The van der Waals surface area contributed by atoms with Crippen LogP contribution >= 0.6 is 48.3 Å². The maximum Gasteiger partial charge on any atom is 0.0717 e. The Labute approximate surface area is 124 Å². The highest BCUT2D eigenvalue weighted by atomic mass is 35.5. The largest absolute Gasteiger partial charge is 0.391 e. The molecule has 7 heteroatoms. The number of nitrogens with one attached hydrogen (secondary N) is 2. The molecule has 2 saturated heterocycles. The third-order valence-electron chi connectivity index (χ3n) is 2.91. The molecule has 0 aromatic heterocycles. The van der Waals surface area contributed by atoms with Gasteiger partial charge in [-0.05, 0) is 13.0 Å². The van der Waals surface area contributed by atoms with Crippen LogP contribution in [0.15, 0.2) is 0 Å². The molecule has 17 heavy (non-hydrogen) atoms. The molecule has 2 fully saturated rings. The van der Waals surface area contributed by atoms with Gasteiger partial charge in [-0.2, -0.15) is 23.5 Å². The summed E-state index contributed by atoms with van der Waals surface area (Å²) in [5, 5.41) is 16.8. The van der Waals surface area contributed by atoms with Crippen molar-refractivity contribution in [2.75, 3.05) is 36.1 Å². The lowest BCUT2D eigenvalue weighted by Crippen LogP contribution is -2.55. The van der Waals surface area contributed by atoms with Crippen LogP contribution < -0.4 is 10.6 Å². The molecular formula is C10H22Cl2N2OS2. The first-order valence-corrected chi connectivity index (χ1v) is 7.97. The molecule has 0 radical (unpaired) electrons. The molecule has 0 aromatic rings. The zero-order valence-electron chi connectivity index (χ0n) is 9.76. The minimum Gasteiger partial charge on any atom is -0.391 e. The van der Waals surface area contributed by atoms with E-state index in [-0.39, 0.29) is 37.0 Å². The van der Waals surface area contributed by atoms with E-state index >= 15 is 0 Å². The van der Waals surface area contributed by atoms with Crippen molar-refractivity contribution in [2.24, 2.45) is 0 Å². The standard InChI is InChI=1S/C10H20N2OS2.2ClH/c13-10-1-2-11-5-9(10)12-8-6-14-3-4-15-7-8;;/h8-13H,1-7H2;2*1H/t9-,10+;;/m0../s1. The van der Waals surface area contributed by atoms with Crippen LogP contribution in [0, 0.1) is 0 Å². The monoisotopic (exact) mass is 320 g/mol. The molecule has 0 bridgehead atoms. The van der Waals surface area contributed by atoms with Gasteiger partial charge in [0, 0.05) is 41.6 Å². The summed E-state index contributed by atoms with van der Waals surface area (Å²) >= 11 is 4.06. The molecule has 3 N–H and O–H groups in total. The molecule has 0 amide bonds. The van der Waals surface area contributed by atoms with E-state index in [9.17, 15) is 5.11 Å². The maximum absolute atomic E-state index is 9.85. The van der Waals surface area contributed by atoms with Crippen LogP contribution in [0.1, 0.15) is 6.42 Å². The number of aliphatic hydroxyl groups is 1. The summed E-state index contributed by atoms with van der Waals surface area (Å²) < 4.78 is 0. The topological polar surface area (TPSA) is 44.3 Å². The fraction of sp³-hybridized carbons (Fsp3) is 1.00. The second-order valence-corrected chi connectivity index (χ2v) is 6.48. The molecule has 104 valence electrons. The van der Waals surface area contributed by atoms with Gasteiger partial charge in [-0.25, -0.2) is 0 Å². The van der Waals surface area contributed by atoms with Crippen LogP contribution in [0.4, 0.5) is 0 Å². The molecule has 2 aliphatic rings. The van der Waals surface area contributed by atoms with Gasteiger partial charge in [0.05, 0.1) is 6.10 Å². The fourth-order valence-corrected chi connectivity index (χ4v) is 4.45. The summed E-state index contributed by atoms with van der Waals surface area (Å²) in [5.41, 5.74) is 0. The minimum absolute atomic E-state index is 0. The first-order valence-electron chi connectivity index (χ1n) is 5.66. The fourth-order valence-electron chi connectivity index (χ4n) is 2.03. The van der Waals surface area contributed by atoms with Crippen LogP contribution in [0.25, 0.3) is 0 Å². The Morgan fingerprint density at radius 1 is 1.12 bits per heavy atom. The molecule has 2 rings (SSSR count). The first kappa shape index (κ1) is 18.2. The number of hydrogen-bond acceptors (Lipinski definition) is 5. The van der Waals surface area contributed by atoms with Crippen molar-refractivity contribution in [3.8, 4) is 0 Å². The number of aliphatic hydroxyl groups excluding tert-OH is 1. The van der Waals surface area contributed by atoms with E-state index in [1.54, 1.807) is 0 Å². The number of hydrogen-bond donors (Lipinski definition) is 3. The van der Waals surface area contributed by atoms with Gasteiger partial charge in [0.25, 0.3) is 0 Å². The maximum atomic E-state index is 9.85. The summed E-state index contributed by atoms with van der Waals surface area (Å²) in [6.07, 6.45) is 0.717. The minimum atomic E-state index is -0.162. The predicted molar refractivity (Wildman–Crippen MR) is 83.4 cm³/mol. The van der Waals surface area contributed by atoms with Crippen molar-refractivity contribution in [3.63, 3.8) is 0 Å². The molecule has 0 unspecified atom stereocenters. The predicted octanol–water partition coefficient (Wildman–Crippen LogP) is 0.991. The van der Waals surface area contributed by atoms with E-state index in [0.29, 0.717) is 6.04 Å². The summed E-state index contributed by atoms with van der Waals surface area (Å²) in [4.78, 5) is 0. The van der Waals surface area contributed by atoms with Crippen molar-refractivity contribution >= 4 is 48.3 Å². The molecule has 0 saturated carbocycles. The van der Waals surface area contributed by atoms with Crippen molar-refractivity contribution in [2.45, 2.75) is 24.6 Å². The zero-order chi connectivity index (χ0) is 10.5. The molecule has 2 aliphatic heterocycles. The SMILES string of the molecule is Cl.Cl.O[C@@H]1CCNC[C@@H]1NC1CSCCSC1. The van der Waals surface area contributed by atoms with Gasteiger partial charge >= 0.3 is 0 Å². The molecule has 3 nitrogen and oxygen atoms in total. The van der Waals surface area contributed by atoms with Gasteiger partial charge in [0.1, 0.15) is 0 Å². The summed E-state index contributed by atoms with van der Waals surface area (Å²) in [7, 11) is 0. The first-order chi connectivity index (χ1) is 7.36. The Balaban J connectivity index is 0.00000128. The van der Waals surface area contributed by atoms with Crippen molar-refractivity contribution in [1.29, 1.82) is 0 Å². The third-order valence-corrected chi connectivity index (χ3v) is 5.43. The molecule has 0 spiro atoms. The number of halogens is 2. The van der Waals surface area contributed by atoms with Crippen molar-refractivity contribution in [3.05, 3.63) is 0 Å². The summed E-state index contributed by atoms with van der Waals surface area (Å²) in [6.45, 7) is 1.86. The van der Waals surface area contributed by atoms with Crippen molar-refractivity contribution in [1.82, 2.24) is 10.6 Å². The quantitative estimate of drug-likeness (QED) is 0.708. The van der Waals surface area contributed by atoms with Gasteiger partial charge in [0.2, 0.25) is 0 Å². The van der Waals surface area contributed by atoms with E-state index in [1.165, 1.54) is 23.0 Å². The lowest BCUT2D eigenvalue weighted by atomic mass is 10.0. The highest BCUT2D eigenvalue weighted by Crippen LogP contribution is 2.17. The van der Waals surface area contributed by atoms with Crippen molar-refractivity contribution < 1.29 is 5.11 Å². The Morgan fingerprint density at radius 2 is 1.76 bits per heavy atom. The Kier molecular flexibility index (Phi) is 10.7. The van der Waals surface area contributed by atoms with Crippen LogP contribution in [0.2, 0.25) is 0 Å². The van der Waals surface area contributed by atoms with Gasteiger partial charge in [0.15, 0.2) is 0 Å². The average molecular weight is 321 g/mol. The zero-order valence-corrected chi connectivity index (χ0v) is 13.0. The Hall–Kier alpha value is 1.16. The third kappa shape index (κ3) is 6.23. The number of thioether (sulfide) groups is 2. The smallest absolute Gasteiger partial charge is 0.0717 e. The van der Waals surface area contributed by atoms with Gasteiger partial charge in [-0.15, -0.1) is 24.8 Å². The highest BCUT2D eigenvalue weighted by Gasteiger charge is 2.25. The van der Waals surface area contributed by atoms with Crippen LogP contribution in [-0.4, -0.2) is 59.4 Å². The molecule has 0 aliphatic carbocycles. The lowest BCUT2D eigenvalue weighted by molar-refractivity contribution is 0.0958. The van der Waals surface area contributed by atoms with Crippen LogP contribution in [-0.2, 0) is 0 Å². The Morgan fingerprint density at radius 3 is 2.35 bits per heavy atom. The second kappa shape index (κ2) is 10.0. The number of piperidine rings is 1. The van der Waals surface area contributed by atoms with Crippen LogP contribution in [0.3, 0.4) is 0 Å². The van der Waals surface area contributed by atoms with Gasteiger partial charge in [-0.3, -0.25) is 0 Å². The Bertz CT molecular complexity index is 195. The van der Waals surface area contributed by atoms with Crippen LogP contribution in [0.5, 0.6) is 0 Å². The van der Waals surface area contributed by atoms with Gasteiger partial charge in [-0.1, -0.05) is 0 Å². The van der Waals surface area contributed by atoms with E-state index < -0.39 is 0 Å². The van der Waals surface area contributed by atoms with E-state index in [4.69, 9.17) is 0 Å². The molecule has 2 atom stereocenters.